The van der Waals surface area contributed by atoms with Crippen molar-refractivity contribution in [3.05, 3.63) is 64.7 Å². The number of nitrogens with zero attached hydrogens (tertiary/aromatic N) is 1. The second-order valence-corrected chi connectivity index (χ2v) is 6.35. The average Bonchev–Trinajstić information content (AvgIpc) is 2.86. The number of likely N-dealkylation sites (N-methyl/N-ethyl adjacent to an activating group) is 1. The first kappa shape index (κ1) is 16.2. The first-order valence-electron chi connectivity index (χ1n) is 8.23. The maximum atomic E-state index is 12.0. The van der Waals surface area contributed by atoms with Gasteiger partial charge in [-0.15, -0.1) is 0 Å². The molecule has 0 spiro atoms. The Kier molecular flexibility index (Phi) is 4.65. The van der Waals surface area contributed by atoms with Crippen molar-refractivity contribution in [3.8, 4) is 0 Å². The topological polar surface area (TPSA) is 49.4 Å². The minimum absolute atomic E-state index is 0.0456. The Hall–Kier alpha value is -2.62. The second kappa shape index (κ2) is 6.87. The molecule has 4 heteroatoms. The third kappa shape index (κ3) is 3.65. The molecule has 2 aromatic rings. The SMILES string of the molecule is Cc1ccc(CCC(=O)NCc2ccc3c(c2)CC(=O)N3C)cc1. The van der Waals surface area contributed by atoms with E-state index in [1.165, 1.54) is 11.1 Å². The third-order valence-electron chi connectivity index (χ3n) is 4.47. The van der Waals surface area contributed by atoms with E-state index in [0.717, 1.165) is 23.2 Å². The fraction of sp³-hybridized carbons (Fsp3) is 0.300. The van der Waals surface area contributed by atoms with Crippen LogP contribution in [0.5, 0.6) is 0 Å². The van der Waals surface area contributed by atoms with E-state index in [2.05, 4.69) is 36.5 Å². The lowest BCUT2D eigenvalue weighted by molar-refractivity contribution is -0.121. The molecule has 4 nitrogen and oxygen atoms in total. The largest absolute Gasteiger partial charge is 0.352 e. The third-order valence-corrected chi connectivity index (χ3v) is 4.47. The highest BCUT2D eigenvalue weighted by molar-refractivity contribution is 6.00. The van der Waals surface area contributed by atoms with Crippen molar-refractivity contribution in [1.82, 2.24) is 5.32 Å². The summed E-state index contributed by atoms with van der Waals surface area (Å²) in [5.74, 6) is 0.161. The zero-order valence-corrected chi connectivity index (χ0v) is 14.1. The summed E-state index contributed by atoms with van der Waals surface area (Å²) in [6.45, 7) is 2.55. The zero-order chi connectivity index (χ0) is 17.1. The van der Waals surface area contributed by atoms with Gasteiger partial charge in [-0.25, -0.2) is 0 Å². The van der Waals surface area contributed by atoms with E-state index in [1.807, 2.05) is 18.2 Å². The number of hydrogen-bond acceptors (Lipinski definition) is 2. The highest BCUT2D eigenvalue weighted by Crippen LogP contribution is 2.28. The number of rotatable bonds is 5. The number of carbonyl (C=O) groups excluding carboxylic acids is 2. The predicted molar refractivity (Wildman–Crippen MR) is 94.9 cm³/mol. The van der Waals surface area contributed by atoms with Crippen LogP contribution in [0.3, 0.4) is 0 Å². The molecule has 0 aliphatic carbocycles. The fourth-order valence-corrected chi connectivity index (χ4v) is 2.94. The van der Waals surface area contributed by atoms with Crippen molar-refractivity contribution in [3.63, 3.8) is 0 Å². The van der Waals surface area contributed by atoms with Crippen LogP contribution in [0.15, 0.2) is 42.5 Å². The van der Waals surface area contributed by atoms with Gasteiger partial charge in [0.2, 0.25) is 11.8 Å². The molecular weight excluding hydrogens is 300 g/mol. The maximum Gasteiger partial charge on any atom is 0.231 e. The molecule has 124 valence electrons. The van der Waals surface area contributed by atoms with E-state index in [9.17, 15) is 9.59 Å². The monoisotopic (exact) mass is 322 g/mol. The highest BCUT2D eigenvalue weighted by Gasteiger charge is 2.23. The smallest absolute Gasteiger partial charge is 0.231 e. The van der Waals surface area contributed by atoms with E-state index in [0.29, 0.717) is 19.4 Å². The molecule has 3 rings (SSSR count). The average molecular weight is 322 g/mol. The van der Waals surface area contributed by atoms with Crippen molar-refractivity contribution >= 4 is 17.5 Å². The van der Waals surface area contributed by atoms with Crippen LogP contribution in [0, 0.1) is 6.92 Å². The van der Waals surface area contributed by atoms with Gasteiger partial charge >= 0.3 is 0 Å². The lowest BCUT2D eigenvalue weighted by Gasteiger charge is -2.11. The molecule has 1 aliphatic heterocycles. The molecule has 0 saturated carbocycles. The molecule has 24 heavy (non-hydrogen) atoms. The lowest BCUT2D eigenvalue weighted by Crippen LogP contribution is -2.23. The molecule has 0 saturated heterocycles. The van der Waals surface area contributed by atoms with Crippen LogP contribution in [0.25, 0.3) is 0 Å². The van der Waals surface area contributed by atoms with E-state index in [-0.39, 0.29) is 11.8 Å². The Bertz CT molecular complexity index is 766. The number of carbonyl (C=O) groups is 2. The summed E-state index contributed by atoms with van der Waals surface area (Å²) in [5, 5.41) is 2.96. The van der Waals surface area contributed by atoms with Gasteiger partial charge in [-0.3, -0.25) is 9.59 Å². The lowest BCUT2D eigenvalue weighted by atomic mass is 10.1. The molecule has 0 bridgehead atoms. The van der Waals surface area contributed by atoms with Gasteiger partial charge in [0.1, 0.15) is 0 Å². The van der Waals surface area contributed by atoms with Gasteiger partial charge in [-0.2, -0.15) is 0 Å². The minimum Gasteiger partial charge on any atom is -0.352 e. The number of hydrogen-bond donors (Lipinski definition) is 1. The van der Waals surface area contributed by atoms with E-state index < -0.39 is 0 Å². The summed E-state index contributed by atoms with van der Waals surface area (Å²) in [7, 11) is 1.79. The van der Waals surface area contributed by atoms with Gasteiger partial charge in [0.15, 0.2) is 0 Å². The fourth-order valence-electron chi connectivity index (χ4n) is 2.94. The highest BCUT2D eigenvalue weighted by atomic mass is 16.2. The van der Waals surface area contributed by atoms with Crippen LogP contribution in [0.4, 0.5) is 5.69 Å². The quantitative estimate of drug-likeness (QED) is 0.920. The second-order valence-electron chi connectivity index (χ2n) is 6.35. The molecule has 0 unspecified atom stereocenters. The number of amides is 2. The first-order valence-corrected chi connectivity index (χ1v) is 8.23. The van der Waals surface area contributed by atoms with Crippen LogP contribution in [-0.4, -0.2) is 18.9 Å². The summed E-state index contributed by atoms with van der Waals surface area (Å²) in [5.41, 5.74) is 5.43. The first-order chi connectivity index (χ1) is 11.5. The van der Waals surface area contributed by atoms with Gasteiger partial charge in [-0.05, 0) is 36.1 Å². The molecule has 1 N–H and O–H groups in total. The molecule has 0 radical (unpaired) electrons. The summed E-state index contributed by atoms with van der Waals surface area (Å²) in [6, 6.07) is 14.2. The molecule has 0 atom stereocenters. The number of nitrogens with one attached hydrogen (secondary N) is 1. The Balaban J connectivity index is 1.51. The Morgan fingerprint density at radius 1 is 1.12 bits per heavy atom. The zero-order valence-electron chi connectivity index (χ0n) is 14.1. The maximum absolute atomic E-state index is 12.0. The van der Waals surface area contributed by atoms with Crippen molar-refractivity contribution in [2.45, 2.75) is 32.7 Å². The van der Waals surface area contributed by atoms with Gasteiger partial charge in [-0.1, -0.05) is 42.0 Å². The van der Waals surface area contributed by atoms with Gasteiger partial charge < -0.3 is 10.2 Å². The van der Waals surface area contributed by atoms with E-state index in [4.69, 9.17) is 0 Å². The molecular formula is C20H22N2O2. The van der Waals surface area contributed by atoms with Crippen LogP contribution >= 0.6 is 0 Å². The Morgan fingerprint density at radius 3 is 2.58 bits per heavy atom. The Labute approximate surface area is 142 Å². The van der Waals surface area contributed by atoms with Crippen molar-refractivity contribution in [2.75, 3.05) is 11.9 Å². The van der Waals surface area contributed by atoms with E-state index in [1.54, 1.807) is 11.9 Å². The predicted octanol–water partition coefficient (Wildman–Crippen LogP) is 2.76. The summed E-state index contributed by atoms with van der Waals surface area (Å²) < 4.78 is 0. The number of fused-ring (bicyclic) bond motifs is 1. The molecule has 2 aromatic carbocycles. The number of aryl methyl sites for hydroxylation is 2. The van der Waals surface area contributed by atoms with Crippen molar-refractivity contribution in [2.24, 2.45) is 0 Å². The summed E-state index contributed by atoms with van der Waals surface area (Å²) in [6.07, 6.45) is 1.67. The molecule has 2 amide bonds. The standard InChI is InChI=1S/C20H22N2O2/c1-14-3-5-15(6-4-14)8-10-19(23)21-13-16-7-9-18-17(11-16)12-20(24)22(18)2/h3-7,9,11H,8,10,12-13H2,1-2H3,(H,21,23). The molecule has 1 aliphatic rings. The molecule has 0 fully saturated rings. The van der Waals surface area contributed by atoms with Gasteiger partial charge in [0, 0.05) is 25.7 Å². The minimum atomic E-state index is 0.0456. The van der Waals surface area contributed by atoms with Crippen LogP contribution in [0.2, 0.25) is 0 Å². The molecule has 0 aromatic heterocycles. The van der Waals surface area contributed by atoms with Gasteiger partial charge in [0.25, 0.3) is 0 Å². The van der Waals surface area contributed by atoms with Crippen molar-refractivity contribution in [1.29, 1.82) is 0 Å². The van der Waals surface area contributed by atoms with E-state index >= 15 is 0 Å². The van der Waals surface area contributed by atoms with Crippen LogP contribution in [-0.2, 0) is 29.0 Å². The van der Waals surface area contributed by atoms with Crippen LogP contribution in [0.1, 0.15) is 28.7 Å². The van der Waals surface area contributed by atoms with Gasteiger partial charge in [0.05, 0.1) is 6.42 Å². The van der Waals surface area contributed by atoms with Crippen LogP contribution < -0.4 is 10.2 Å². The summed E-state index contributed by atoms with van der Waals surface area (Å²) in [4.78, 5) is 25.4. The summed E-state index contributed by atoms with van der Waals surface area (Å²) >= 11 is 0. The normalized spacial score (nSPS) is 13.1. The molecule has 1 heterocycles. The number of anilines is 1. The van der Waals surface area contributed by atoms with Crippen molar-refractivity contribution < 1.29 is 9.59 Å². The number of benzene rings is 2. The Morgan fingerprint density at radius 2 is 1.83 bits per heavy atom.